The standard InChI is InChI=1S/C20H18Br2O3/c1-4-15-13-18(9-10-19(15)23-12-11-20(21)22)25-17-7-5-16(6-8-17)24-14(2)3/h1,5-11,13-14H,12H2,2-3H3. The number of benzene rings is 2. The van der Waals surface area contributed by atoms with Crippen molar-refractivity contribution >= 4 is 31.9 Å². The Balaban J connectivity index is 2.07. The normalized spacial score (nSPS) is 10.1. The number of hydrogen-bond acceptors (Lipinski definition) is 3. The van der Waals surface area contributed by atoms with Gasteiger partial charge in [0, 0.05) is 6.07 Å². The van der Waals surface area contributed by atoms with Crippen LogP contribution in [-0.4, -0.2) is 12.7 Å². The molecule has 2 rings (SSSR count). The van der Waals surface area contributed by atoms with Gasteiger partial charge in [-0.15, -0.1) is 6.42 Å². The van der Waals surface area contributed by atoms with Crippen molar-refractivity contribution in [3.63, 3.8) is 0 Å². The van der Waals surface area contributed by atoms with Crippen LogP contribution in [0.5, 0.6) is 23.0 Å². The van der Waals surface area contributed by atoms with E-state index >= 15 is 0 Å². The number of halogens is 2. The third kappa shape index (κ3) is 6.49. The first-order valence-electron chi connectivity index (χ1n) is 7.67. The molecule has 0 aliphatic heterocycles. The number of terminal acetylenes is 1. The predicted octanol–water partition coefficient (Wildman–Crippen LogP) is 6.26. The van der Waals surface area contributed by atoms with E-state index in [0.29, 0.717) is 29.4 Å². The maximum Gasteiger partial charge on any atom is 0.135 e. The number of rotatable bonds is 7. The van der Waals surface area contributed by atoms with E-state index < -0.39 is 0 Å². The number of hydrogen-bond donors (Lipinski definition) is 0. The van der Waals surface area contributed by atoms with Gasteiger partial charge in [-0.1, -0.05) is 5.92 Å². The van der Waals surface area contributed by atoms with Crippen LogP contribution < -0.4 is 14.2 Å². The molecule has 0 N–H and O–H groups in total. The van der Waals surface area contributed by atoms with Gasteiger partial charge in [-0.3, -0.25) is 0 Å². The molecule has 0 saturated carbocycles. The first-order valence-corrected chi connectivity index (χ1v) is 9.25. The molecular formula is C20H18Br2O3. The summed E-state index contributed by atoms with van der Waals surface area (Å²) < 4.78 is 17.9. The highest BCUT2D eigenvalue weighted by molar-refractivity contribution is 9.28. The summed E-state index contributed by atoms with van der Waals surface area (Å²) in [5, 5.41) is 0. The van der Waals surface area contributed by atoms with Gasteiger partial charge in [0.05, 0.1) is 15.1 Å². The van der Waals surface area contributed by atoms with Gasteiger partial charge < -0.3 is 14.2 Å². The third-order valence-corrected chi connectivity index (χ3v) is 3.66. The van der Waals surface area contributed by atoms with E-state index in [9.17, 15) is 0 Å². The lowest BCUT2D eigenvalue weighted by molar-refractivity contribution is 0.242. The van der Waals surface area contributed by atoms with Crippen molar-refractivity contribution in [3.8, 4) is 35.3 Å². The van der Waals surface area contributed by atoms with Gasteiger partial charge in [-0.25, -0.2) is 0 Å². The van der Waals surface area contributed by atoms with E-state index in [4.69, 9.17) is 20.6 Å². The van der Waals surface area contributed by atoms with Crippen LogP contribution in [-0.2, 0) is 0 Å². The Kier molecular flexibility index (Phi) is 7.42. The zero-order chi connectivity index (χ0) is 18.2. The van der Waals surface area contributed by atoms with Crippen molar-refractivity contribution in [2.75, 3.05) is 6.61 Å². The highest BCUT2D eigenvalue weighted by Gasteiger charge is 2.06. The van der Waals surface area contributed by atoms with Crippen molar-refractivity contribution in [2.24, 2.45) is 0 Å². The van der Waals surface area contributed by atoms with Crippen LogP contribution in [0.3, 0.4) is 0 Å². The van der Waals surface area contributed by atoms with Crippen LogP contribution in [0.15, 0.2) is 51.9 Å². The van der Waals surface area contributed by atoms with Crippen LogP contribution in [0.2, 0.25) is 0 Å². The highest BCUT2D eigenvalue weighted by atomic mass is 79.9. The molecule has 0 aliphatic rings. The van der Waals surface area contributed by atoms with Crippen LogP contribution in [0.4, 0.5) is 0 Å². The maximum atomic E-state index is 5.84. The van der Waals surface area contributed by atoms with Crippen molar-refractivity contribution in [1.29, 1.82) is 0 Å². The summed E-state index contributed by atoms with van der Waals surface area (Å²) in [5.41, 5.74) is 0.636. The Morgan fingerprint density at radius 2 is 1.72 bits per heavy atom. The van der Waals surface area contributed by atoms with E-state index in [2.05, 4.69) is 37.8 Å². The molecule has 5 heteroatoms. The Hall–Kier alpha value is -1.90. The summed E-state index contributed by atoms with van der Waals surface area (Å²) in [6.45, 7) is 4.38. The molecule has 3 nitrogen and oxygen atoms in total. The second-order valence-corrected chi connectivity index (χ2v) is 8.12. The Morgan fingerprint density at radius 1 is 1.08 bits per heavy atom. The minimum atomic E-state index is 0.137. The molecule has 0 atom stereocenters. The van der Waals surface area contributed by atoms with E-state index in [1.54, 1.807) is 12.1 Å². The van der Waals surface area contributed by atoms with E-state index in [0.717, 1.165) is 9.14 Å². The van der Waals surface area contributed by atoms with Crippen molar-refractivity contribution < 1.29 is 14.2 Å². The molecule has 0 heterocycles. The first kappa shape index (κ1) is 19.4. The van der Waals surface area contributed by atoms with Gasteiger partial charge in [0.1, 0.15) is 29.6 Å². The second-order valence-electron chi connectivity index (χ2n) is 5.35. The summed E-state index contributed by atoms with van der Waals surface area (Å²) >= 11 is 6.56. The fraction of sp³-hybridized carbons (Fsp3) is 0.200. The molecule has 0 radical (unpaired) electrons. The molecule has 2 aromatic carbocycles. The molecule has 0 bridgehead atoms. The van der Waals surface area contributed by atoms with Crippen molar-refractivity contribution in [1.82, 2.24) is 0 Å². The molecule has 0 amide bonds. The van der Waals surface area contributed by atoms with Gasteiger partial charge in [0.25, 0.3) is 0 Å². The zero-order valence-corrected chi connectivity index (χ0v) is 17.1. The van der Waals surface area contributed by atoms with E-state index in [1.807, 2.05) is 50.3 Å². The lowest BCUT2D eigenvalue weighted by Gasteiger charge is -2.12. The van der Waals surface area contributed by atoms with Gasteiger partial charge in [0.2, 0.25) is 0 Å². The maximum absolute atomic E-state index is 5.84. The minimum Gasteiger partial charge on any atom is -0.491 e. The average Bonchev–Trinajstić information content (AvgIpc) is 2.57. The van der Waals surface area contributed by atoms with E-state index in [1.165, 1.54) is 0 Å². The summed E-state index contributed by atoms with van der Waals surface area (Å²) in [6.07, 6.45) is 7.55. The SMILES string of the molecule is C#Cc1cc(Oc2ccc(OC(C)C)cc2)ccc1OCC=C(Br)Br. The molecule has 2 aromatic rings. The van der Waals surface area contributed by atoms with Gasteiger partial charge in [0.15, 0.2) is 0 Å². The highest BCUT2D eigenvalue weighted by Crippen LogP contribution is 2.29. The third-order valence-electron chi connectivity index (χ3n) is 3.01. The Bertz CT molecular complexity index is 771. The number of ether oxygens (including phenoxy) is 3. The van der Waals surface area contributed by atoms with E-state index in [-0.39, 0.29) is 6.10 Å². The summed E-state index contributed by atoms with van der Waals surface area (Å²) in [4.78, 5) is 0. The topological polar surface area (TPSA) is 27.7 Å². The molecule has 0 aliphatic carbocycles. The first-order chi connectivity index (χ1) is 12.0. The van der Waals surface area contributed by atoms with Gasteiger partial charge in [-0.2, -0.15) is 0 Å². The molecule has 0 saturated heterocycles. The second kappa shape index (κ2) is 9.55. The fourth-order valence-electron chi connectivity index (χ4n) is 2.00. The van der Waals surface area contributed by atoms with Gasteiger partial charge in [-0.05, 0) is 88.2 Å². The quantitative estimate of drug-likeness (QED) is 0.452. The van der Waals surface area contributed by atoms with Crippen LogP contribution in [0.25, 0.3) is 0 Å². The zero-order valence-electron chi connectivity index (χ0n) is 14.0. The average molecular weight is 466 g/mol. The largest absolute Gasteiger partial charge is 0.491 e. The Morgan fingerprint density at radius 3 is 2.32 bits per heavy atom. The molecule has 0 unspecified atom stereocenters. The minimum absolute atomic E-state index is 0.137. The van der Waals surface area contributed by atoms with Crippen LogP contribution in [0.1, 0.15) is 19.4 Å². The van der Waals surface area contributed by atoms with Crippen molar-refractivity contribution in [3.05, 3.63) is 57.5 Å². The molecule has 130 valence electrons. The lowest BCUT2D eigenvalue weighted by Crippen LogP contribution is -2.05. The fourth-order valence-corrected chi connectivity index (χ4v) is 2.26. The van der Waals surface area contributed by atoms with Gasteiger partial charge >= 0.3 is 0 Å². The summed E-state index contributed by atoms with van der Waals surface area (Å²) in [6, 6.07) is 12.9. The predicted molar refractivity (Wildman–Crippen MR) is 108 cm³/mol. The van der Waals surface area contributed by atoms with Crippen LogP contribution >= 0.6 is 31.9 Å². The lowest BCUT2D eigenvalue weighted by atomic mass is 10.2. The summed E-state index contributed by atoms with van der Waals surface area (Å²) in [5.74, 6) is 5.42. The van der Waals surface area contributed by atoms with Crippen molar-refractivity contribution in [2.45, 2.75) is 20.0 Å². The molecule has 25 heavy (non-hydrogen) atoms. The van der Waals surface area contributed by atoms with Crippen LogP contribution in [0, 0.1) is 12.3 Å². The summed E-state index contributed by atoms with van der Waals surface area (Å²) in [7, 11) is 0. The monoisotopic (exact) mass is 464 g/mol. The Labute approximate surface area is 165 Å². The molecule has 0 fully saturated rings. The molecule has 0 aromatic heterocycles. The molecular weight excluding hydrogens is 448 g/mol. The molecule has 0 spiro atoms. The smallest absolute Gasteiger partial charge is 0.135 e.